The largest absolute Gasteiger partial charge is 0.449 e. The van der Waals surface area contributed by atoms with Crippen LogP contribution in [0.4, 0.5) is 4.79 Å². The monoisotopic (exact) mass is 359 g/mol. The number of aliphatic hydroxyl groups excluding tert-OH is 1. The molecule has 0 saturated carbocycles. The van der Waals surface area contributed by atoms with E-state index in [2.05, 4.69) is 29.6 Å². The molecule has 2 N–H and O–H groups in total. The Balaban J connectivity index is 1.46. The van der Waals surface area contributed by atoms with E-state index in [1.54, 1.807) is 0 Å². The molecule has 0 radical (unpaired) electrons. The van der Waals surface area contributed by atoms with Gasteiger partial charge in [0.2, 0.25) is 0 Å². The molecule has 4 rings (SSSR count). The number of hydrogen-bond donors (Lipinski definition) is 2. The Kier molecular flexibility index (Phi) is 4.90. The number of amides is 1. The second-order valence-electron chi connectivity index (χ2n) is 6.62. The molecule has 4 heteroatoms. The third-order valence-electron chi connectivity index (χ3n) is 5.02. The van der Waals surface area contributed by atoms with Crippen molar-refractivity contribution in [1.29, 1.82) is 0 Å². The first-order valence-electron chi connectivity index (χ1n) is 9.05. The smallest absolute Gasteiger partial charge is 0.407 e. The lowest BCUT2D eigenvalue weighted by molar-refractivity contribution is 0.132. The van der Waals surface area contributed by atoms with Crippen molar-refractivity contribution >= 4 is 6.09 Å². The van der Waals surface area contributed by atoms with Crippen LogP contribution in [0.1, 0.15) is 28.7 Å². The lowest BCUT2D eigenvalue weighted by Crippen LogP contribution is -2.32. The maximum atomic E-state index is 12.3. The summed E-state index contributed by atoms with van der Waals surface area (Å²) in [6.45, 7) is 0.0704. The van der Waals surface area contributed by atoms with E-state index in [0.717, 1.165) is 5.56 Å². The Morgan fingerprint density at radius 2 is 1.44 bits per heavy atom. The fourth-order valence-electron chi connectivity index (χ4n) is 3.70. The van der Waals surface area contributed by atoms with Crippen molar-refractivity contribution in [1.82, 2.24) is 5.32 Å². The molecule has 3 aromatic rings. The SMILES string of the molecule is O=C(NC(CO)c1ccccc1)OCC1c2ccccc2-c2ccccc21. The van der Waals surface area contributed by atoms with Crippen LogP contribution in [0.5, 0.6) is 0 Å². The molecule has 0 aromatic heterocycles. The summed E-state index contributed by atoms with van der Waals surface area (Å²) in [5.74, 6) is 0.0208. The zero-order chi connectivity index (χ0) is 18.6. The van der Waals surface area contributed by atoms with E-state index >= 15 is 0 Å². The number of ether oxygens (including phenoxy) is 1. The number of carbonyl (C=O) groups is 1. The Morgan fingerprint density at radius 1 is 0.889 bits per heavy atom. The quantitative estimate of drug-likeness (QED) is 0.716. The summed E-state index contributed by atoms with van der Waals surface area (Å²) in [6.07, 6.45) is -0.528. The minimum Gasteiger partial charge on any atom is -0.449 e. The molecule has 136 valence electrons. The minimum atomic E-state index is -0.528. The molecular formula is C23H21NO3. The number of rotatable bonds is 5. The molecule has 0 heterocycles. The van der Waals surface area contributed by atoms with Gasteiger partial charge in [0.15, 0.2) is 0 Å². The minimum absolute atomic E-state index is 0.0208. The van der Waals surface area contributed by atoms with E-state index in [1.165, 1.54) is 22.3 Å². The number of benzene rings is 3. The highest BCUT2D eigenvalue weighted by atomic mass is 16.5. The molecular weight excluding hydrogens is 338 g/mol. The summed E-state index contributed by atoms with van der Waals surface area (Å²) in [4.78, 5) is 12.3. The van der Waals surface area contributed by atoms with E-state index in [9.17, 15) is 9.90 Å². The molecule has 27 heavy (non-hydrogen) atoms. The highest BCUT2D eigenvalue weighted by molar-refractivity contribution is 5.79. The van der Waals surface area contributed by atoms with Crippen molar-refractivity contribution in [2.45, 2.75) is 12.0 Å². The van der Waals surface area contributed by atoms with Crippen LogP contribution in [0.15, 0.2) is 78.9 Å². The van der Waals surface area contributed by atoms with Crippen LogP contribution in [0.3, 0.4) is 0 Å². The van der Waals surface area contributed by atoms with E-state index in [-0.39, 0.29) is 19.1 Å². The van der Waals surface area contributed by atoms with E-state index < -0.39 is 12.1 Å². The van der Waals surface area contributed by atoms with Crippen molar-refractivity contribution in [2.24, 2.45) is 0 Å². The van der Waals surface area contributed by atoms with Crippen LogP contribution in [0.2, 0.25) is 0 Å². The van der Waals surface area contributed by atoms with Gasteiger partial charge in [-0.25, -0.2) is 4.79 Å². The Bertz CT molecular complexity index is 894. The van der Waals surface area contributed by atoms with Crippen molar-refractivity contribution in [2.75, 3.05) is 13.2 Å². The van der Waals surface area contributed by atoms with Gasteiger partial charge in [-0.1, -0.05) is 78.9 Å². The molecule has 0 saturated heterocycles. The van der Waals surface area contributed by atoms with E-state index in [1.807, 2.05) is 54.6 Å². The third kappa shape index (κ3) is 3.44. The second kappa shape index (κ2) is 7.64. The molecule has 0 spiro atoms. The predicted octanol–water partition coefficient (Wildman–Crippen LogP) is 4.26. The van der Waals surface area contributed by atoms with Crippen molar-refractivity contribution in [3.05, 3.63) is 95.6 Å². The fourth-order valence-corrected chi connectivity index (χ4v) is 3.70. The second-order valence-corrected chi connectivity index (χ2v) is 6.62. The van der Waals surface area contributed by atoms with Crippen LogP contribution in [-0.2, 0) is 4.74 Å². The molecule has 0 fully saturated rings. The molecule has 1 unspecified atom stereocenters. The van der Waals surface area contributed by atoms with Crippen LogP contribution in [0.25, 0.3) is 11.1 Å². The summed E-state index contributed by atoms with van der Waals surface area (Å²) in [5, 5.41) is 12.3. The lowest BCUT2D eigenvalue weighted by Gasteiger charge is -2.18. The molecule has 0 bridgehead atoms. The summed E-state index contributed by atoms with van der Waals surface area (Å²) < 4.78 is 5.53. The summed E-state index contributed by atoms with van der Waals surface area (Å²) in [5.41, 5.74) is 5.58. The van der Waals surface area contributed by atoms with Gasteiger partial charge in [0.25, 0.3) is 0 Å². The topological polar surface area (TPSA) is 58.6 Å². The average Bonchev–Trinajstić information content (AvgIpc) is 3.05. The maximum absolute atomic E-state index is 12.3. The fraction of sp³-hybridized carbons (Fsp3) is 0.174. The van der Waals surface area contributed by atoms with Crippen LogP contribution >= 0.6 is 0 Å². The third-order valence-corrected chi connectivity index (χ3v) is 5.02. The number of fused-ring (bicyclic) bond motifs is 3. The number of carbonyl (C=O) groups excluding carboxylic acids is 1. The number of aliphatic hydroxyl groups is 1. The number of alkyl carbamates (subject to hydrolysis) is 1. The lowest BCUT2D eigenvalue weighted by atomic mass is 9.98. The van der Waals surface area contributed by atoms with Crippen molar-refractivity contribution < 1.29 is 14.6 Å². The van der Waals surface area contributed by atoms with Gasteiger partial charge in [0.05, 0.1) is 12.6 Å². The molecule has 1 amide bonds. The van der Waals surface area contributed by atoms with Gasteiger partial charge in [-0.15, -0.1) is 0 Å². The highest BCUT2D eigenvalue weighted by Crippen LogP contribution is 2.44. The highest BCUT2D eigenvalue weighted by Gasteiger charge is 2.29. The number of nitrogens with one attached hydrogen (secondary N) is 1. The standard InChI is InChI=1S/C23H21NO3/c25-14-22(16-8-2-1-3-9-16)24-23(26)27-15-21-19-12-6-4-10-17(19)18-11-5-7-13-20(18)21/h1-13,21-22,25H,14-15H2,(H,24,26). The first-order valence-corrected chi connectivity index (χ1v) is 9.05. The van der Waals surface area contributed by atoms with Gasteiger partial charge < -0.3 is 15.2 Å². The molecule has 1 aliphatic carbocycles. The Labute approximate surface area is 158 Å². The van der Waals surface area contributed by atoms with Gasteiger partial charge in [-0.2, -0.15) is 0 Å². The zero-order valence-electron chi connectivity index (χ0n) is 14.8. The normalized spacial score (nSPS) is 13.5. The van der Waals surface area contributed by atoms with Gasteiger partial charge in [-0.3, -0.25) is 0 Å². The predicted molar refractivity (Wildman–Crippen MR) is 104 cm³/mol. The molecule has 4 nitrogen and oxygen atoms in total. The van der Waals surface area contributed by atoms with Gasteiger partial charge in [-0.05, 0) is 27.8 Å². The molecule has 1 aliphatic rings. The van der Waals surface area contributed by atoms with Gasteiger partial charge in [0, 0.05) is 5.92 Å². The van der Waals surface area contributed by atoms with Gasteiger partial charge in [0.1, 0.15) is 6.61 Å². The summed E-state index contributed by atoms with van der Waals surface area (Å²) >= 11 is 0. The Morgan fingerprint density at radius 3 is 2.04 bits per heavy atom. The van der Waals surface area contributed by atoms with Crippen molar-refractivity contribution in [3.63, 3.8) is 0 Å². The molecule has 0 aliphatic heterocycles. The molecule has 3 aromatic carbocycles. The van der Waals surface area contributed by atoms with Crippen LogP contribution in [0, 0.1) is 0 Å². The Hall–Kier alpha value is -3.11. The van der Waals surface area contributed by atoms with Crippen LogP contribution < -0.4 is 5.32 Å². The zero-order valence-corrected chi connectivity index (χ0v) is 14.8. The molecule has 1 atom stereocenters. The number of hydrogen-bond acceptors (Lipinski definition) is 3. The first kappa shape index (κ1) is 17.3. The first-order chi connectivity index (χ1) is 13.3. The van der Waals surface area contributed by atoms with E-state index in [4.69, 9.17) is 4.74 Å². The average molecular weight is 359 g/mol. The van der Waals surface area contributed by atoms with E-state index in [0.29, 0.717) is 0 Å². The summed E-state index contributed by atoms with van der Waals surface area (Å²) in [6, 6.07) is 25.3. The van der Waals surface area contributed by atoms with Gasteiger partial charge >= 0.3 is 6.09 Å². The maximum Gasteiger partial charge on any atom is 0.407 e. The van der Waals surface area contributed by atoms with Crippen molar-refractivity contribution in [3.8, 4) is 11.1 Å². The summed E-state index contributed by atoms with van der Waals surface area (Å²) in [7, 11) is 0. The van der Waals surface area contributed by atoms with Crippen LogP contribution in [-0.4, -0.2) is 24.4 Å².